The zero-order valence-corrected chi connectivity index (χ0v) is 12.9. The molecule has 0 atom stereocenters. The molecule has 0 aliphatic rings. The summed E-state index contributed by atoms with van der Waals surface area (Å²) in [5.41, 5.74) is -1.55. The zero-order chi connectivity index (χ0) is 15.5. The summed E-state index contributed by atoms with van der Waals surface area (Å²) >= 11 is 5.57. The predicted octanol–water partition coefficient (Wildman–Crippen LogP) is 1.73. The first-order valence-electron chi connectivity index (χ1n) is 6.30. The van der Waals surface area contributed by atoms with Crippen molar-refractivity contribution in [1.29, 1.82) is 0 Å². The van der Waals surface area contributed by atoms with Crippen molar-refractivity contribution in [3.63, 3.8) is 0 Å². The molecule has 6 nitrogen and oxygen atoms in total. The summed E-state index contributed by atoms with van der Waals surface area (Å²) in [5.74, 6) is 0.326. The number of hydrogen-bond acceptors (Lipinski definition) is 4. The van der Waals surface area contributed by atoms with E-state index >= 15 is 0 Å². The molecule has 112 valence electrons. The Labute approximate surface area is 121 Å². The fourth-order valence-electron chi connectivity index (χ4n) is 1.59. The summed E-state index contributed by atoms with van der Waals surface area (Å²) in [6.45, 7) is 6.82. The maximum Gasteiger partial charge on any atom is 0.422 e. The van der Waals surface area contributed by atoms with Crippen LogP contribution >= 0.6 is 11.6 Å². The smallest absolute Gasteiger partial charge is 0.422 e. The van der Waals surface area contributed by atoms with Gasteiger partial charge >= 0.3 is 11.8 Å². The van der Waals surface area contributed by atoms with Crippen LogP contribution in [0.5, 0.6) is 0 Å². The second-order valence-corrected chi connectivity index (χ2v) is 5.82. The number of alkyl halides is 1. The zero-order valence-electron chi connectivity index (χ0n) is 12.1. The third kappa shape index (κ3) is 3.96. The second-order valence-electron chi connectivity index (χ2n) is 5.44. The maximum atomic E-state index is 12.2. The number of carbonyl (C=O) groups is 1. The Hall–Kier alpha value is -1.56. The van der Waals surface area contributed by atoms with Gasteiger partial charge in [0.15, 0.2) is 0 Å². The molecule has 0 aliphatic carbocycles. The van der Waals surface area contributed by atoms with Gasteiger partial charge in [0, 0.05) is 24.2 Å². The number of halogens is 1. The van der Waals surface area contributed by atoms with Crippen LogP contribution in [-0.4, -0.2) is 26.7 Å². The summed E-state index contributed by atoms with van der Waals surface area (Å²) in [6.07, 6.45) is 0.870. The summed E-state index contributed by atoms with van der Waals surface area (Å²) in [5, 5.41) is 0. The molecular weight excluding hydrogens is 284 g/mol. The molecule has 0 saturated carbocycles. The molecule has 0 radical (unpaired) electrons. The van der Waals surface area contributed by atoms with Crippen molar-refractivity contribution in [2.24, 2.45) is 0 Å². The third-order valence-electron chi connectivity index (χ3n) is 2.45. The van der Waals surface area contributed by atoms with Gasteiger partial charge in [-0.15, -0.1) is 11.6 Å². The standard InChI is InChI=1S/C13H19ClN2O4/c1-9-8-16(12(19)20-13(2,3)4)11(18)15(10(9)17)7-5-6-14/h8H,5-7H2,1-4H3. The molecule has 1 aromatic rings. The fourth-order valence-corrected chi connectivity index (χ4v) is 1.71. The summed E-state index contributed by atoms with van der Waals surface area (Å²) in [6, 6.07) is 0. The first kappa shape index (κ1) is 16.5. The van der Waals surface area contributed by atoms with Crippen LogP contribution in [0.2, 0.25) is 0 Å². The average Bonchev–Trinajstić information content (AvgIpc) is 2.31. The van der Waals surface area contributed by atoms with Gasteiger partial charge in [0.2, 0.25) is 0 Å². The Morgan fingerprint density at radius 2 is 1.95 bits per heavy atom. The molecule has 0 N–H and O–H groups in total. The molecule has 0 aromatic carbocycles. The highest BCUT2D eigenvalue weighted by Crippen LogP contribution is 2.07. The molecule has 0 bridgehead atoms. The molecule has 0 spiro atoms. The number of nitrogens with zero attached hydrogens (tertiary/aromatic N) is 2. The van der Waals surface area contributed by atoms with E-state index < -0.39 is 22.9 Å². The second kappa shape index (κ2) is 6.26. The maximum absolute atomic E-state index is 12.2. The largest absolute Gasteiger partial charge is 0.443 e. The van der Waals surface area contributed by atoms with E-state index in [1.807, 2.05) is 0 Å². The molecule has 1 aromatic heterocycles. The summed E-state index contributed by atoms with van der Waals surface area (Å²) in [4.78, 5) is 36.0. The lowest BCUT2D eigenvalue weighted by molar-refractivity contribution is 0.0524. The van der Waals surface area contributed by atoms with Crippen LogP contribution in [-0.2, 0) is 11.3 Å². The normalized spacial score (nSPS) is 11.4. The van der Waals surface area contributed by atoms with Crippen LogP contribution in [0, 0.1) is 6.92 Å². The van der Waals surface area contributed by atoms with E-state index in [1.165, 1.54) is 6.20 Å². The van der Waals surface area contributed by atoms with E-state index in [2.05, 4.69) is 0 Å². The lowest BCUT2D eigenvalue weighted by Gasteiger charge is -2.20. The minimum atomic E-state index is -0.801. The number of hydrogen-bond donors (Lipinski definition) is 0. The third-order valence-corrected chi connectivity index (χ3v) is 2.72. The van der Waals surface area contributed by atoms with Crippen molar-refractivity contribution >= 4 is 17.7 Å². The molecule has 1 rings (SSSR count). The van der Waals surface area contributed by atoms with Gasteiger partial charge in [0.25, 0.3) is 5.56 Å². The SMILES string of the molecule is Cc1cn(C(=O)OC(C)(C)C)c(=O)n(CCCCl)c1=O. The van der Waals surface area contributed by atoms with E-state index in [1.54, 1.807) is 27.7 Å². The van der Waals surface area contributed by atoms with Gasteiger partial charge in [-0.3, -0.25) is 9.36 Å². The Balaban J connectivity index is 3.29. The number of rotatable bonds is 3. The number of aromatic nitrogens is 2. The Bertz CT molecular complexity index is 610. The minimum absolute atomic E-state index is 0.172. The molecule has 20 heavy (non-hydrogen) atoms. The van der Waals surface area contributed by atoms with Gasteiger partial charge < -0.3 is 4.74 Å². The average molecular weight is 303 g/mol. The quantitative estimate of drug-likeness (QED) is 0.797. The number of ether oxygens (including phenoxy) is 1. The van der Waals surface area contributed by atoms with E-state index in [0.717, 1.165) is 9.13 Å². The van der Waals surface area contributed by atoms with Gasteiger partial charge in [-0.05, 0) is 34.1 Å². The van der Waals surface area contributed by atoms with Crippen LogP contribution in [0.4, 0.5) is 4.79 Å². The van der Waals surface area contributed by atoms with E-state index in [0.29, 0.717) is 17.9 Å². The van der Waals surface area contributed by atoms with Crippen molar-refractivity contribution in [3.05, 3.63) is 32.6 Å². The van der Waals surface area contributed by atoms with Crippen molar-refractivity contribution in [2.45, 2.75) is 46.3 Å². The van der Waals surface area contributed by atoms with Crippen molar-refractivity contribution in [3.8, 4) is 0 Å². The lowest BCUT2D eigenvalue weighted by Crippen LogP contribution is -2.44. The monoisotopic (exact) mass is 302 g/mol. The molecular formula is C13H19ClN2O4. The number of carbonyl (C=O) groups excluding carboxylic acids is 1. The van der Waals surface area contributed by atoms with Crippen LogP contribution in [0.25, 0.3) is 0 Å². The Kier molecular flexibility index (Phi) is 5.16. The summed E-state index contributed by atoms with van der Waals surface area (Å²) in [7, 11) is 0. The van der Waals surface area contributed by atoms with Crippen LogP contribution in [0.15, 0.2) is 15.8 Å². The first-order chi connectivity index (χ1) is 9.17. The van der Waals surface area contributed by atoms with E-state index in [-0.39, 0.29) is 6.54 Å². The highest BCUT2D eigenvalue weighted by molar-refractivity contribution is 6.17. The minimum Gasteiger partial charge on any atom is -0.443 e. The molecule has 0 aliphatic heterocycles. The van der Waals surface area contributed by atoms with Gasteiger partial charge in [-0.1, -0.05) is 0 Å². The van der Waals surface area contributed by atoms with Gasteiger partial charge in [-0.2, -0.15) is 0 Å². The van der Waals surface area contributed by atoms with Gasteiger partial charge in [0.05, 0.1) is 0 Å². The topological polar surface area (TPSA) is 70.3 Å². The molecule has 0 amide bonds. The predicted molar refractivity (Wildman–Crippen MR) is 76.7 cm³/mol. The van der Waals surface area contributed by atoms with Crippen molar-refractivity contribution in [1.82, 2.24) is 9.13 Å². The molecule has 0 saturated heterocycles. The Morgan fingerprint density at radius 3 is 2.45 bits per heavy atom. The highest BCUT2D eigenvalue weighted by Gasteiger charge is 2.20. The fraction of sp³-hybridized carbons (Fsp3) is 0.615. The van der Waals surface area contributed by atoms with Crippen LogP contribution < -0.4 is 11.2 Å². The lowest BCUT2D eigenvalue weighted by atomic mass is 10.2. The van der Waals surface area contributed by atoms with Gasteiger partial charge in [-0.25, -0.2) is 14.2 Å². The van der Waals surface area contributed by atoms with Gasteiger partial charge in [0.1, 0.15) is 5.60 Å². The van der Waals surface area contributed by atoms with E-state index in [4.69, 9.17) is 16.3 Å². The molecule has 0 unspecified atom stereocenters. The number of aryl methyl sites for hydroxylation is 1. The molecule has 1 heterocycles. The summed E-state index contributed by atoms with van der Waals surface area (Å²) < 4.78 is 6.96. The molecule has 0 fully saturated rings. The molecule has 7 heteroatoms. The van der Waals surface area contributed by atoms with Crippen molar-refractivity contribution < 1.29 is 9.53 Å². The van der Waals surface area contributed by atoms with E-state index in [9.17, 15) is 14.4 Å². The van der Waals surface area contributed by atoms with Crippen molar-refractivity contribution in [2.75, 3.05) is 5.88 Å². The van der Waals surface area contributed by atoms with Crippen LogP contribution in [0.1, 0.15) is 32.8 Å². The highest BCUT2D eigenvalue weighted by atomic mass is 35.5. The van der Waals surface area contributed by atoms with Crippen LogP contribution in [0.3, 0.4) is 0 Å². The Morgan fingerprint density at radius 1 is 1.35 bits per heavy atom. The first-order valence-corrected chi connectivity index (χ1v) is 6.83.